The third-order valence-corrected chi connectivity index (χ3v) is 3.45. The maximum atomic E-state index is 6.22. The minimum atomic E-state index is -0.102. The van der Waals surface area contributed by atoms with E-state index in [4.69, 9.17) is 10.2 Å². The van der Waals surface area contributed by atoms with E-state index < -0.39 is 0 Å². The first-order chi connectivity index (χ1) is 7.86. The molecule has 0 radical (unpaired) electrons. The summed E-state index contributed by atoms with van der Waals surface area (Å²) in [4.78, 5) is 0. The molecule has 3 heteroatoms. The summed E-state index contributed by atoms with van der Waals surface area (Å²) in [5, 5.41) is 5.21. The number of rotatable bonds is 2. The molecule has 1 unspecified atom stereocenters. The van der Waals surface area contributed by atoms with Crippen LogP contribution in [-0.4, -0.2) is 0 Å². The minimum absolute atomic E-state index is 0.102. The molecule has 1 aromatic carbocycles. The molecule has 0 saturated heterocycles. The Morgan fingerprint density at radius 1 is 1.19 bits per heavy atom. The lowest BCUT2D eigenvalue weighted by molar-refractivity contribution is 0.607. The second-order valence-corrected chi connectivity index (χ2v) is 4.50. The Hall–Kier alpha value is -1.58. The van der Waals surface area contributed by atoms with Crippen LogP contribution in [0.5, 0.6) is 0 Å². The van der Waals surface area contributed by atoms with Gasteiger partial charge in [-0.15, -0.1) is 0 Å². The number of fused-ring (bicyclic) bond motifs is 1. The summed E-state index contributed by atoms with van der Waals surface area (Å²) in [7, 11) is 0. The van der Waals surface area contributed by atoms with Crippen molar-refractivity contribution in [3.05, 3.63) is 58.5 Å². The Morgan fingerprint density at radius 2 is 2.06 bits per heavy atom. The van der Waals surface area contributed by atoms with Gasteiger partial charge >= 0.3 is 0 Å². The van der Waals surface area contributed by atoms with Gasteiger partial charge in [-0.3, -0.25) is 0 Å². The van der Waals surface area contributed by atoms with Gasteiger partial charge in [0.15, 0.2) is 0 Å². The molecule has 0 spiro atoms. The van der Waals surface area contributed by atoms with Gasteiger partial charge in [0, 0.05) is 10.9 Å². The predicted molar refractivity (Wildman–Crippen MR) is 66.6 cm³/mol. The third kappa shape index (κ3) is 1.45. The molecule has 3 rings (SSSR count). The van der Waals surface area contributed by atoms with Crippen molar-refractivity contribution in [1.29, 1.82) is 0 Å². The van der Waals surface area contributed by atoms with Crippen LogP contribution < -0.4 is 5.73 Å². The summed E-state index contributed by atoms with van der Waals surface area (Å²) < 4.78 is 5.49. The van der Waals surface area contributed by atoms with Crippen molar-refractivity contribution >= 4 is 22.3 Å². The van der Waals surface area contributed by atoms with Crippen molar-refractivity contribution in [2.45, 2.75) is 6.04 Å². The summed E-state index contributed by atoms with van der Waals surface area (Å²) in [6.07, 6.45) is 1.76. The van der Waals surface area contributed by atoms with Gasteiger partial charge in [0.05, 0.1) is 12.3 Å². The molecule has 16 heavy (non-hydrogen) atoms. The van der Waals surface area contributed by atoms with E-state index in [0.29, 0.717) is 0 Å². The Balaban J connectivity index is 2.12. The Labute approximate surface area is 97.3 Å². The van der Waals surface area contributed by atoms with E-state index in [0.717, 1.165) is 22.1 Å². The molecular formula is C13H11NOS. The van der Waals surface area contributed by atoms with Gasteiger partial charge in [-0.1, -0.05) is 18.2 Å². The van der Waals surface area contributed by atoms with Crippen LogP contribution in [-0.2, 0) is 0 Å². The number of thiophene rings is 1. The molecule has 2 N–H and O–H groups in total. The second kappa shape index (κ2) is 3.77. The number of hydrogen-bond acceptors (Lipinski definition) is 3. The van der Waals surface area contributed by atoms with E-state index in [1.54, 1.807) is 17.6 Å². The molecule has 0 amide bonds. The standard InChI is InChI=1S/C13H11NOS/c14-13(9-5-6-16-8-9)11-7-15-12-4-2-1-3-10(11)12/h1-8,13H,14H2. The van der Waals surface area contributed by atoms with Gasteiger partial charge in [0.1, 0.15) is 5.58 Å². The summed E-state index contributed by atoms with van der Waals surface area (Å²) in [6.45, 7) is 0. The van der Waals surface area contributed by atoms with Crippen LogP contribution in [0.25, 0.3) is 11.0 Å². The number of furan rings is 1. The Kier molecular flexibility index (Phi) is 2.27. The lowest BCUT2D eigenvalue weighted by Crippen LogP contribution is -2.09. The van der Waals surface area contributed by atoms with Crippen LogP contribution in [0.3, 0.4) is 0 Å². The first-order valence-electron chi connectivity index (χ1n) is 5.10. The number of nitrogens with two attached hydrogens (primary N) is 1. The highest BCUT2D eigenvalue weighted by Gasteiger charge is 2.14. The average molecular weight is 229 g/mol. The fraction of sp³-hybridized carbons (Fsp3) is 0.0769. The van der Waals surface area contributed by atoms with Crippen molar-refractivity contribution in [3.8, 4) is 0 Å². The number of para-hydroxylation sites is 1. The lowest BCUT2D eigenvalue weighted by Gasteiger charge is -2.07. The van der Waals surface area contributed by atoms with Crippen molar-refractivity contribution in [1.82, 2.24) is 0 Å². The lowest BCUT2D eigenvalue weighted by atomic mass is 10.0. The van der Waals surface area contributed by atoms with Crippen LogP contribution in [0.15, 0.2) is 51.8 Å². The second-order valence-electron chi connectivity index (χ2n) is 3.72. The van der Waals surface area contributed by atoms with Crippen LogP contribution in [0, 0.1) is 0 Å². The van der Waals surface area contributed by atoms with Crippen LogP contribution in [0.2, 0.25) is 0 Å². The Bertz CT molecular complexity index is 597. The van der Waals surface area contributed by atoms with Crippen LogP contribution in [0.1, 0.15) is 17.2 Å². The molecule has 80 valence electrons. The van der Waals surface area contributed by atoms with E-state index >= 15 is 0 Å². The van der Waals surface area contributed by atoms with Crippen molar-refractivity contribution in [2.24, 2.45) is 5.73 Å². The van der Waals surface area contributed by atoms with Crippen molar-refractivity contribution < 1.29 is 4.42 Å². The van der Waals surface area contributed by atoms with Gasteiger partial charge in [-0.25, -0.2) is 0 Å². The topological polar surface area (TPSA) is 39.2 Å². The van der Waals surface area contributed by atoms with Gasteiger partial charge < -0.3 is 10.2 Å². The zero-order valence-electron chi connectivity index (χ0n) is 8.59. The zero-order chi connectivity index (χ0) is 11.0. The van der Waals surface area contributed by atoms with E-state index in [1.165, 1.54) is 0 Å². The molecule has 2 aromatic heterocycles. The molecule has 0 bridgehead atoms. The smallest absolute Gasteiger partial charge is 0.134 e. The van der Waals surface area contributed by atoms with Crippen molar-refractivity contribution in [3.63, 3.8) is 0 Å². The molecule has 2 heterocycles. The molecule has 0 aliphatic carbocycles. The third-order valence-electron chi connectivity index (χ3n) is 2.75. The molecule has 3 aromatic rings. The summed E-state index contributed by atoms with van der Waals surface area (Å²) in [6, 6.07) is 9.92. The number of benzene rings is 1. The SMILES string of the molecule is NC(c1ccsc1)c1coc2ccccc12. The largest absolute Gasteiger partial charge is 0.464 e. The molecular weight excluding hydrogens is 218 g/mol. The molecule has 1 atom stereocenters. The summed E-state index contributed by atoms with van der Waals surface area (Å²) >= 11 is 1.66. The fourth-order valence-electron chi connectivity index (χ4n) is 1.87. The van der Waals surface area contributed by atoms with Gasteiger partial charge in [0.2, 0.25) is 0 Å². The molecule has 0 saturated carbocycles. The highest BCUT2D eigenvalue weighted by atomic mass is 32.1. The highest BCUT2D eigenvalue weighted by Crippen LogP contribution is 2.29. The monoisotopic (exact) mass is 229 g/mol. The molecule has 2 nitrogen and oxygen atoms in total. The van der Waals surface area contributed by atoms with E-state index in [9.17, 15) is 0 Å². The van der Waals surface area contributed by atoms with Gasteiger partial charge in [-0.05, 0) is 28.5 Å². The van der Waals surface area contributed by atoms with E-state index in [-0.39, 0.29) is 6.04 Å². The normalized spacial score (nSPS) is 13.1. The average Bonchev–Trinajstić information content (AvgIpc) is 2.98. The first-order valence-corrected chi connectivity index (χ1v) is 6.04. The Morgan fingerprint density at radius 3 is 2.88 bits per heavy atom. The van der Waals surface area contributed by atoms with E-state index in [2.05, 4.69) is 11.4 Å². The van der Waals surface area contributed by atoms with Gasteiger partial charge in [0.25, 0.3) is 0 Å². The predicted octanol–water partition coefficient (Wildman–Crippen LogP) is 3.54. The minimum Gasteiger partial charge on any atom is -0.464 e. The quantitative estimate of drug-likeness (QED) is 0.730. The first kappa shape index (κ1) is 9.63. The summed E-state index contributed by atoms with van der Waals surface area (Å²) in [5.41, 5.74) is 9.30. The summed E-state index contributed by atoms with van der Waals surface area (Å²) in [5.74, 6) is 0. The fourth-order valence-corrected chi connectivity index (χ4v) is 2.57. The van der Waals surface area contributed by atoms with E-state index in [1.807, 2.05) is 29.6 Å². The molecule has 0 fully saturated rings. The van der Waals surface area contributed by atoms with Crippen molar-refractivity contribution in [2.75, 3.05) is 0 Å². The maximum Gasteiger partial charge on any atom is 0.134 e. The maximum absolute atomic E-state index is 6.22. The molecule has 0 aliphatic rings. The highest BCUT2D eigenvalue weighted by molar-refractivity contribution is 7.08. The zero-order valence-corrected chi connectivity index (χ0v) is 9.41. The van der Waals surface area contributed by atoms with Gasteiger partial charge in [-0.2, -0.15) is 11.3 Å². The van der Waals surface area contributed by atoms with Crippen LogP contribution in [0.4, 0.5) is 0 Å². The molecule has 0 aliphatic heterocycles. The number of hydrogen-bond donors (Lipinski definition) is 1. The van der Waals surface area contributed by atoms with Crippen LogP contribution >= 0.6 is 11.3 Å².